The average molecular weight is 281 g/mol. The summed E-state index contributed by atoms with van der Waals surface area (Å²) in [5.74, 6) is 0.786. The van der Waals surface area contributed by atoms with Crippen LogP contribution in [-0.2, 0) is 5.54 Å². The molecule has 104 valence electrons. The average Bonchev–Trinajstić information content (AvgIpc) is 2.74. The molecular formula is C15H21ClN2O. The molecule has 3 nitrogen and oxygen atoms in total. The van der Waals surface area contributed by atoms with Crippen LogP contribution in [0.2, 0.25) is 5.02 Å². The predicted molar refractivity (Wildman–Crippen MR) is 77.7 cm³/mol. The summed E-state index contributed by atoms with van der Waals surface area (Å²) in [5, 5.41) is 0.684. The second-order valence-corrected chi connectivity index (χ2v) is 6.35. The minimum absolute atomic E-state index is 0.157. The summed E-state index contributed by atoms with van der Waals surface area (Å²) >= 11 is 6.34. The molecule has 1 aromatic rings. The molecule has 1 aliphatic carbocycles. The Morgan fingerprint density at radius 2 is 2.21 bits per heavy atom. The molecule has 1 heterocycles. The molecule has 4 heteroatoms. The van der Waals surface area contributed by atoms with Crippen molar-refractivity contribution < 1.29 is 4.74 Å². The van der Waals surface area contributed by atoms with Crippen molar-refractivity contribution in [1.82, 2.24) is 4.90 Å². The van der Waals surface area contributed by atoms with Gasteiger partial charge in [0, 0.05) is 18.6 Å². The van der Waals surface area contributed by atoms with Crippen molar-refractivity contribution >= 4 is 11.6 Å². The molecule has 3 rings (SSSR count). The van der Waals surface area contributed by atoms with Gasteiger partial charge in [0.05, 0.1) is 5.02 Å². The fourth-order valence-corrected chi connectivity index (χ4v) is 3.15. The monoisotopic (exact) mass is 280 g/mol. The van der Waals surface area contributed by atoms with E-state index in [9.17, 15) is 0 Å². The highest BCUT2D eigenvalue weighted by Crippen LogP contribution is 2.41. The van der Waals surface area contributed by atoms with Crippen molar-refractivity contribution in [1.29, 1.82) is 0 Å². The summed E-state index contributed by atoms with van der Waals surface area (Å²) in [4.78, 5) is 2.27. The van der Waals surface area contributed by atoms with E-state index >= 15 is 0 Å². The fraction of sp³-hybridized carbons (Fsp3) is 0.600. The molecule has 0 aromatic heterocycles. The number of ether oxygens (including phenoxy) is 1. The van der Waals surface area contributed by atoms with E-state index in [1.807, 2.05) is 12.1 Å². The molecule has 1 aromatic carbocycles. The fourth-order valence-electron chi connectivity index (χ4n) is 2.92. The Balaban J connectivity index is 1.73. The zero-order chi connectivity index (χ0) is 13.5. The topological polar surface area (TPSA) is 38.5 Å². The van der Waals surface area contributed by atoms with Gasteiger partial charge in [-0.25, -0.2) is 0 Å². The summed E-state index contributed by atoms with van der Waals surface area (Å²) in [6.07, 6.45) is 4.63. The summed E-state index contributed by atoms with van der Waals surface area (Å²) in [6.45, 7) is 2.06. The van der Waals surface area contributed by atoms with Gasteiger partial charge in [0.2, 0.25) is 0 Å². The number of hydrogen-bond donors (Lipinski definition) is 1. The third-order valence-corrected chi connectivity index (χ3v) is 4.69. The quantitative estimate of drug-likeness (QED) is 0.925. The number of likely N-dealkylation sites (tertiary alicyclic amines) is 1. The number of halogens is 1. The number of nitrogens with zero attached hydrogens (tertiary/aromatic N) is 1. The molecule has 1 saturated carbocycles. The number of hydrogen-bond acceptors (Lipinski definition) is 3. The molecule has 2 N–H and O–H groups in total. The molecule has 2 aliphatic rings. The SMILES string of the molecule is CN1CCC(Oc2ccc(C3(N)CCC3)cc2Cl)C1. The molecule has 0 amide bonds. The minimum Gasteiger partial charge on any atom is -0.487 e. The number of likely N-dealkylation sites (N-methyl/N-ethyl adjacent to an activating group) is 1. The Morgan fingerprint density at radius 3 is 2.74 bits per heavy atom. The zero-order valence-electron chi connectivity index (χ0n) is 11.4. The molecule has 1 unspecified atom stereocenters. The van der Waals surface area contributed by atoms with Crippen LogP contribution in [0.1, 0.15) is 31.2 Å². The van der Waals surface area contributed by atoms with Crippen molar-refractivity contribution in [2.24, 2.45) is 5.73 Å². The Kier molecular flexibility index (Phi) is 3.46. The molecule has 0 bridgehead atoms. The van der Waals surface area contributed by atoms with Gasteiger partial charge in [0.1, 0.15) is 11.9 Å². The van der Waals surface area contributed by atoms with Gasteiger partial charge in [-0.1, -0.05) is 17.7 Å². The maximum absolute atomic E-state index is 6.34. The van der Waals surface area contributed by atoms with E-state index in [0.29, 0.717) is 5.02 Å². The summed E-state index contributed by atoms with van der Waals surface area (Å²) < 4.78 is 5.98. The minimum atomic E-state index is -0.157. The van der Waals surface area contributed by atoms with Crippen LogP contribution in [0.25, 0.3) is 0 Å². The first-order chi connectivity index (χ1) is 9.07. The van der Waals surface area contributed by atoms with Gasteiger partial charge in [-0.3, -0.25) is 0 Å². The van der Waals surface area contributed by atoms with E-state index in [2.05, 4.69) is 18.0 Å². The third kappa shape index (κ3) is 2.60. The lowest BCUT2D eigenvalue weighted by Gasteiger charge is -2.38. The lowest BCUT2D eigenvalue weighted by molar-refractivity contribution is 0.207. The molecule has 1 aliphatic heterocycles. The van der Waals surface area contributed by atoms with Crippen LogP contribution in [0, 0.1) is 0 Å². The third-order valence-electron chi connectivity index (χ3n) is 4.39. The first-order valence-electron chi connectivity index (χ1n) is 7.01. The standard InChI is InChI=1S/C15H21ClN2O/c1-18-8-5-12(10-18)19-14-4-3-11(9-13(14)16)15(17)6-2-7-15/h3-4,9,12H,2,5-8,10,17H2,1H3. The van der Waals surface area contributed by atoms with E-state index in [4.69, 9.17) is 22.1 Å². The molecule has 19 heavy (non-hydrogen) atoms. The van der Waals surface area contributed by atoms with Crippen molar-refractivity contribution in [2.45, 2.75) is 37.3 Å². The van der Waals surface area contributed by atoms with Crippen molar-refractivity contribution in [3.8, 4) is 5.75 Å². The van der Waals surface area contributed by atoms with Crippen molar-refractivity contribution in [3.05, 3.63) is 28.8 Å². The van der Waals surface area contributed by atoms with Gasteiger partial charge in [-0.05, 0) is 50.4 Å². The highest BCUT2D eigenvalue weighted by molar-refractivity contribution is 6.32. The maximum atomic E-state index is 6.34. The highest BCUT2D eigenvalue weighted by Gasteiger charge is 2.34. The zero-order valence-corrected chi connectivity index (χ0v) is 12.1. The van der Waals surface area contributed by atoms with E-state index in [-0.39, 0.29) is 11.6 Å². The molecule has 2 fully saturated rings. The van der Waals surface area contributed by atoms with E-state index < -0.39 is 0 Å². The van der Waals surface area contributed by atoms with Gasteiger partial charge >= 0.3 is 0 Å². The van der Waals surface area contributed by atoms with Crippen LogP contribution in [-0.4, -0.2) is 31.1 Å². The lowest BCUT2D eigenvalue weighted by Crippen LogP contribution is -2.43. The first-order valence-corrected chi connectivity index (χ1v) is 7.39. The van der Waals surface area contributed by atoms with Crippen LogP contribution in [0.3, 0.4) is 0 Å². The Bertz CT molecular complexity index is 473. The van der Waals surface area contributed by atoms with Crippen LogP contribution >= 0.6 is 11.6 Å². The maximum Gasteiger partial charge on any atom is 0.138 e. The molecule has 1 atom stereocenters. The lowest BCUT2D eigenvalue weighted by atomic mass is 9.73. The highest BCUT2D eigenvalue weighted by atomic mass is 35.5. The Labute approximate surface area is 119 Å². The van der Waals surface area contributed by atoms with Gasteiger partial charge in [0.15, 0.2) is 0 Å². The second kappa shape index (κ2) is 4.97. The number of rotatable bonds is 3. The van der Waals surface area contributed by atoms with Gasteiger partial charge < -0.3 is 15.4 Å². The predicted octanol–water partition coefficient (Wildman–Crippen LogP) is 2.76. The van der Waals surface area contributed by atoms with Crippen molar-refractivity contribution in [3.63, 3.8) is 0 Å². The summed E-state index contributed by atoms with van der Waals surface area (Å²) in [6, 6.07) is 6.02. The number of benzene rings is 1. The summed E-state index contributed by atoms with van der Waals surface area (Å²) in [5.41, 5.74) is 7.30. The van der Waals surface area contributed by atoms with Crippen LogP contribution in [0.15, 0.2) is 18.2 Å². The second-order valence-electron chi connectivity index (χ2n) is 5.95. The Morgan fingerprint density at radius 1 is 1.42 bits per heavy atom. The largest absolute Gasteiger partial charge is 0.487 e. The van der Waals surface area contributed by atoms with Gasteiger partial charge in [-0.15, -0.1) is 0 Å². The molecule has 1 saturated heterocycles. The smallest absolute Gasteiger partial charge is 0.138 e. The van der Waals surface area contributed by atoms with Gasteiger partial charge in [-0.2, -0.15) is 0 Å². The van der Waals surface area contributed by atoms with Crippen LogP contribution in [0.4, 0.5) is 0 Å². The first kappa shape index (κ1) is 13.2. The van der Waals surface area contributed by atoms with E-state index in [1.165, 1.54) is 6.42 Å². The van der Waals surface area contributed by atoms with E-state index in [1.54, 1.807) is 0 Å². The van der Waals surface area contributed by atoms with Crippen LogP contribution < -0.4 is 10.5 Å². The molecule has 0 spiro atoms. The molecule has 0 radical (unpaired) electrons. The van der Waals surface area contributed by atoms with Gasteiger partial charge in [0.25, 0.3) is 0 Å². The molecular weight excluding hydrogens is 260 g/mol. The van der Waals surface area contributed by atoms with Crippen molar-refractivity contribution in [2.75, 3.05) is 20.1 Å². The Hall–Kier alpha value is -0.770. The summed E-state index contributed by atoms with van der Waals surface area (Å²) in [7, 11) is 2.11. The number of nitrogens with two attached hydrogens (primary N) is 1. The normalized spacial score (nSPS) is 26.2. The van der Waals surface area contributed by atoms with Crippen LogP contribution in [0.5, 0.6) is 5.75 Å². The van der Waals surface area contributed by atoms with E-state index in [0.717, 1.165) is 43.7 Å².